The molecule has 1 saturated heterocycles. The number of amides is 1. The van der Waals surface area contributed by atoms with Crippen LogP contribution in [0.4, 0.5) is 0 Å². The summed E-state index contributed by atoms with van der Waals surface area (Å²) in [6.07, 6.45) is 3.05. The molecule has 0 radical (unpaired) electrons. The molecule has 1 atom stereocenters. The first-order chi connectivity index (χ1) is 15.4. The minimum absolute atomic E-state index is 0.147. The Hall–Kier alpha value is -2.91. The summed E-state index contributed by atoms with van der Waals surface area (Å²) in [6.45, 7) is 2.58. The maximum absolute atomic E-state index is 13.2. The predicted molar refractivity (Wildman–Crippen MR) is 121 cm³/mol. The molecule has 1 aliphatic heterocycles. The second kappa shape index (κ2) is 9.30. The van der Waals surface area contributed by atoms with Gasteiger partial charge in [0.1, 0.15) is 6.54 Å². The molecule has 4 rings (SSSR count). The number of oxazole rings is 1. The summed E-state index contributed by atoms with van der Waals surface area (Å²) in [5.74, 6) is -0.897. The zero-order chi connectivity index (χ0) is 22.7. The molecule has 9 heteroatoms. The molecule has 2 aromatic carbocycles. The highest BCUT2D eigenvalue weighted by molar-refractivity contribution is 7.89. The maximum atomic E-state index is 13.2. The van der Waals surface area contributed by atoms with E-state index in [0.29, 0.717) is 35.5 Å². The Kier molecular flexibility index (Phi) is 6.48. The van der Waals surface area contributed by atoms with Gasteiger partial charge in [0, 0.05) is 19.1 Å². The zero-order valence-corrected chi connectivity index (χ0v) is 18.8. The number of aryl methyl sites for hydroxylation is 1. The molecule has 170 valence electrons. The van der Waals surface area contributed by atoms with E-state index in [-0.39, 0.29) is 18.5 Å². The van der Waals surface area contributed by atoms with E-state index in [0.717, 1.165) is 24.8 Å². The van der Waals surface area contributed by atoms with Crippen molar-refractivity contribution in [3.8, 4) is 0 Å². The van der Waals surface area contributed by atoms with Gasteiger partial charge in [0.15, 0.2) is 5.58 Å². The van der Waals surface area contributed by atoms with Crippen LogP contribution in [0.5, 0.6) is 0 Å². The second-order valence-corrected chi connectivity index (χ2v) is 10.0. The van der Waals surface area contributed by atoms with E-state index < -0.39 is 15.8 Å². The second-order valence-electron chi connectivity index (χ2n) is 8.14. The topological polar surface area (TPSA) is 102 Å². The average molecular weight is 458 g/mol. The van der Waals surface area contributed by atoms with Gasteiger partial charge in [-0.3, -0.25) is 9.36 Å². The van der Waals surface area contributed by atoms with Gasteiger partial charge in [0.05, 0.1) is 10.4 Å². The fourth-order valence-electron chi connectivity index (χ4n) is 4.17. The van der Waals surface area contributed by atoms with Crippen molar-refractivity contribution in [2.24, 2.45) is 0 Å². The molecule has 32 heavy (non-hydrogen) atoms. The van der Waals surface area contributed by atoms with Crippen molar-refractivity contribution in [1.29, 1.82) is 0 Å². The SMILES string of the molecule is Cc1ccc(S(=O)(=O)N2CCCCC2CCNC(=O)Cn2c(=O)oc3ccccc32)cc1. The lowest BCUT2D eigenvalue weighted by molar-refractivity contribution is -0.121. The van der Waals surface area contributed by atoms with Gasteiger partial charge in [0.2, 0.25) is 15.9 Å². The quantitative estimate of drug-likeness (QED) is 0.588. The van der Waals surface area contributed by atoms with Gasteiger partial charge < -0.3 is 9.73 Å². The molecular formula is C23H27N3O5S. The van der Waals surface area contributed by atoms with Gasteiger partial charge in [0.25, 0.3) is 0 Å². The number of nitrogens with one attached hydrogen (secondary N) is 1. The smallest absolute Gasteiger partial charge is 0.408 e. The third-order valence-corrected chi connectivity index (χ3v) is 7.84. The van der Waals surface area contributed by atoms with Crippen LogP contribution in [-0.4, -0.2) is 42.3 Å². The summed E-state index contributed by atoms with van der Waals surface area (Å²) in [7, 11) is -3.59. The van der Waals surface area contributed by atoms with E-state index in [1.54, 1.807) is 52.8 Å². The summed E-state index contributed by atoms with van der Waals surface area (Å²) in [5, 5.41) is 2.82. The van der Waals surface area contributed by atoms with E-state index in [2.05, 4.69) is 5.32 Å². The van der Waals surface area contributed by atoms with Crippen LogP contribution >= 0.6 is 0 Å². The van der Waals surface area contributed by atoms with Gasteiger partial charge in [-0.05, 0) is 50.5 Å². The standard InChI is InChI=1S/C23H27N3O5S/c1-17-9-11-19(12-10-17)32(29,30)26-15-5-4-6-18(26)13-14-24-22(27)16-25-20-7-2-3-8-21(20)31-23(25)28/h2-3,7-12,18H,4-6,13-16H2,1H3,(H,24,27). The molecule has 1 amide bonds. The molecule has 8 nitrogen and oxygen atoms in total. The van der Waals surface area contributed by atoms with Crippen molar-refractivity contribution < 1.29 is 17.6 Å². The van der Waals surface area contributed by atoms with Crippen LogP contribution in [-0.2, 0) is 21.4 Å². The Morgan fingerprint density at radius 2 is 1.88 bits per heavy atom. The van der Waals surface area contributed by atoms with Gasteiger partial charge in [-0.25, -0.2) is 13.2 Å². The third-order valence-electron chi connectivity index (χ3n) is 5.88. The predicted octanol–water partition coefficient (Wildman–Crippen LogP) is 2.65. The number of fused-ring (bicyclic) bond motifs is 1. The highest BCUT2D eigenvalue weighted by Gasteiger charge is 2.33. The molecule has 1 N–H and O–H groups in total. The average Bonchev–Trinajstić information content (AvgIpc) is 3.09. The first-order valence-corrected chi connectivity index (χ1v) is 12.2. The van der Waals surface area contributed by atoms with Crippen LogP contribution in [0.2, 0.25) is 0 Å². The lowest BCUT2D eigenvalue weighted by atomic mass is 10.0. The van der Waals surface area contributed by atoms with Crippen molar-refractivity contribution in [2.75, 3.05) is 13.1 Å². The Labute approximate surface area is 186 Å². The monoisotopic (exact) mass is 457 g/mol. The highest BCUT2D eigenvalue weighted by Crippen LogP contribution is 2.27. The molecule has 1 aliphatic rings. The summed E-state index contributed by atoms with van der Waals surface area (Å²) < 4.78 is 34.4. The number of rotatable bonds is 7. The largest absolute Gasteiger partial charge is 0.420 e. The van der Waals surface area contributed by atoms with Crippen molar-refractivity contribution in [1.82, 2.24) is 14.2 Å². The molecule has 3 aromatic rings. The van der Waals surface area contributed by atoms with Crippen LogP contribution in [0, 0.1) is 6.92 Å². The molecule has 0 bridgehead atoms. The third kappa shape index (κ3) is 4.63. The van der Waals surface area contributed by atoms with Crippen molar-refractivity contribution in [3.05, 3.63) is 64.6 Å². The van der Waals surface area contributed by atoms with Crippen LogP contribution < -0.4 is 11.1 Å². The maximum Gasteiger partial charge on any atom is 0.420 e. The van der Waals surface area contributed by atoms with E-state index in [9.17, 15) is 18.0 Å². The number of hydrogen-bond donors (Lipinski definition) is 1. The summed E-state index contributed by atoms with van der Waals surface area (Å²) in [5.41, 5.74) is 2.01. The number of aromatic nitrogens is 1. The minimum atomic E-state index is -3.59. The van der Waals surface area contributed by atoms with Crippen LogP contribution in [0.15, 0.2) is 62.6 Å². The molecule has 0 spiro atoms. The number of benzene rings is 2. The van der Waals surface area contributed by atoms with E-state index in [1.807, 2.05) is 6.92 Å². The lowest BCUT2D eigenvalue weighted by Crippen LogP contribution is -2.45. The van der Waals surface area contributed by atoms with Gasteiger partial charge in [-0.2, -0.15) is 4.31 Å². The van der Waals surface area contributed by atoms with E-state index in [4.69, 9.17) is 4.42 Å². The number of carbonyl (C=O) groups excluding carboxylic acids is 1. The van der Waals surface area contributed by atoms with Gasteiger partial charge >= 0.3 is 5.76 Å². The highest BCUT2D eigenvalue weighted by atomic mass is 32.2. The number of hydrogen-bond acceptors (Lipinski definition) is 5. The van der Waals surface area contributed by atoms with Crippen molar-refractivity contribution in [3.63, 3.8) is 0 Å². The number of para-hydroxylation sites is 2. The van der Waals surface area contributed by atoms with Crippen molar-refractivity contribution in [2.45, 2.75) is 50.1 Å². The molecule has 1 aromatic heterocycles. The van der Waals surface area contributed by atoms with Gasteiger partial charge in [-0.1, -0.05) is 36.2 Å². The number of nitrogens with zero attached hydrogens (tertiary/aromatic N) is 2. The van der Waals surface area contributed by atoms with E-state index >= 15 is 0 Å². The Morgan fingerprint density at radius 3 is 2.66 bits per heavy atom. The number of piperidine rings is 1. The minimum Gasteiger partial charge on any atom is -0.408 e. The van der Waals surface area contributed by atoms with Crippen LogP contribution in [0.3, 0.4) is 0 Å². The molecule has 1 fully saturated rings. The van der Waals surface area contributed by atoms with Crippen LogP contribution in [0.25, 0.3) is 11.1 Å². The molecule has 0 aliphatic carbocycles. The fourth-order valence-corrected chi connectivity index (χ4v) is 5.89. The first kappa shape index (κ1) is 22.3. The summed E-state index contributed by atoms with van der Waals surface area (Å²) >= 11 is 0. The Morgan fingerprint density at radius 1 is 1.12 bits per heavy atom. The zero-order valence-electron chi connectivity index (χ0n) is 18.0. The Balaban J connectivity index is 1.38. The number of carbonyl (C=O) groups is 1. The molecule has 0 saturated carbocycles. The van der Waals surface area contributed by atoms with Crippen molar-refractivity contribution >= 4 is 27.0 Å². The fraction of sp³-hybridized carbons (Fsp3) is 0.391. The number of sulfonamides is 1. The van der Waals surface area contributed by atoms with Gasteiger partial charge in [-0.15, -0.1) is 0 Å². The summed E-state index contributed by atoms with van der Waals surface area (Å²) in [4.78, 5) is 24.8. The molecule has 1 unspecified atom stereocenters. The lowest BCUT2D eigenvalue weighted by Gasteiger charge is -2.34. The molecule has 2 heterocycles. The molecular weight excluding hydrogens is 430 g/mol. The Bertz CT molecular complexity index is 1260. The normalized spacial score (nSPS) is 17.5. The summed E-state index contributed by atoms with van der Waals surface area (Å²) in [6, 6.07) is 13.7. The van der Waals surface area contributed by atoms with E-state index in [1.165, 1.54) is 4.57 Å². The van der Waals surface area contributed by atoms with Crippen LogP contribution in [0.1, 0.15) is 31.2 Å². The first-order valence-electron chi connectivity index (χ1n) is 10.8.